The Balaban J connectivity index is 1.13. The number of para-hydroxylation sites is 2. The lowest BCUT2D eigenvalue weighted by atomic mass is 9.82. The van der Waals surface area contributed by atoms with Gasteiger partial charge in [0.05, 0.1) is 16.7 Å². The predicted molar refractivity (Wildman–Crippen MR) is 246 cm³/mol. The monoisotopic (exact) mass is 772 g/mol. The minimum absolute atomic E-state index is 0.160. The number of benzene rings is 8. The summed E-state index contributed by atoms with van der Waals surface area (Å²) in [5.41, 5.74) is 13.5. The molecule has 1 aliphatic rings. The normalized spacial score (nSPS) is 13.1. The van der Waals surface area contributed by atoms with E-state index in [4.69, 9.17) is 15.0 Å². The van der Waals surface area contributed by atoms with Crippen LogP contribution in [-0.2, 0) is 5.41 Å². The molecule has 0 unspecified atom stereocenters. The first-order chi connectivity index (χ1) is 29.0. The minimum atomic E-state index is -0.160. The van der Waals surface area contributed by atoms with Crippen molar-refractivity contribution >= 4 is 53.3 Å². The molecule has 0 saturated heterocycles. The quantitative estimate of drug-likeness (QED) is 0.175. The summed E-state index contributed by atoms with van der Waals surface area (Å²) in [6, 6.07) is 65.2. The van der Waals surface area contributed by atoms with Crippen LogP contribution in [0.1, 0.15) is 25.0 Å². The van der Waals surface area contributed by atoms with Crippen molar-refractivity contribution in [3.05, 3.63) is 193 Å². The molecule has 0 amide bonds. The molecular formula is C54H36N4S. The second-order valence-corrected chi connectivity index (χ2v) is 17.0. The van der Waals surface area contributed by atoms with Gasteiger partial charge in [-0.15, -0.1) is 11.3 Å². The lowest BCUT2D eigenvalue weighted by molar-refractivity contribution is 0.660. The van der Waals surface area contributed by atoms with Crippen molar-refractivity contribution in [2.45, 2.75) is 19.3 Å². The molecule has 3 aromatic heterocycles. The fraction of sp³-hybridized carbons (Fsp3) is 0.0556. The Morgan fingerprint density at radius 3 is 1.88 bits per heavy atom. The number of fused-ring (bicyclic) bond motifs is 9. The molecule has 5 heteroatoms. The zero-order chi connectivity index (χ0) is 39.2. The highest BCUT2D eigenvalue weighted by Gasteiger charge is 2.37. The van der Waals surface area contributed by atoms with Crippen LogP contribution in [0.25, 0.3) is 104 Å². The predicted octanol–water partition coefficient (Wildman–Crippen LogP) is 14.3. The summed E-state index contributed by atoms with van der Waals surface area (Å²) in [6.45, 7) is 4.64. The first kappa shape index (κ1) is 33.9. The average Bonchev–Trinajstić information content (AvgIpc) is 3.92. The number of hydrogen-bond donors (Lipinski definition) is 0. The molecule has 8 aromatic carbocycles. The van der Waals surface area contributed by atoms with Gasteiger partial charge in [-0.3, -0.25) is 0 Å². The van der Waals surface area contributed by atoms with Crippen LogP contribution in [-0.4, -0.2) is 19.5 Å². The Labute approximate surface area is 345 Å². The average molecular weight is 773 g/mol. The van der Waals surface area contributed by atoms with Gasteiger partial charge >= 0.3 is 0 Å². The van der Waals surface area contributed by atoms with Gasteiger partial charge in [0.25, 0.3) is 0 Å². The van der Waals surface area contributed by atoms with E-state index in [1.54, 1.807) is 11.3 Å². The highest BCUT2D eigenvalue weighted by Crippen LogP contribution is 2.52. The van der Waals surface area contributed by atoms with Gasteiger partial charge in [-0.05, 0) is 75.8 Å². The van der Waals surface area contributed by atoms with Crippen LogP contribution in [0.15, 0.2) is 182 Å². The lowest BCUT2D eigenvalue weighted by Crippen LogP contribution is -2.14. The SMILES string of the molecule is CC1(C)c2ccccc2-c2c(-c3nc(-c4ccccc4-n4c5ccccc5c5cc(-c6ccccc6)ccc54)nc(-c4cccc5c4sc4ccccc45)n3)cccc21. The first-order valence-electron chi connectivity index (χ1n) is 20.1. The molecule has 0 N–H and O–H groups in total. The third-order valence-corrected chi connectivity index (χ3v) is 13.5. The molecule has 1 aliphatic carbocycles. The van der Waals surface area contributed by atoms with Crippen molar-refractivity contribution in [1.29, 1.82) is 0 Å². The van der Waals surface area contributed by atoms with Crippen molar-refractivity contribution < 1.29 is 0 Å². The van der Waals surface area contributed by atoms with Crippen molar-refractivity contribution in [3.8, 4) is 62.1 Å². The Hall–Kier alpha value is -7.21. The fourth-order valence-electron chi connectivity index (χ4n) is 9.50. The van der Waals surface area contributed by atoms with Crippen molar-refractivity contribution in [2.24, 2.45) is 0 Å². The summed E-state index contributed by atoms with van der Waals surface area (Å²) in [6.07, 6.45) is 0. The molecule has 12 rings (SSSR count). The van der Waals surface area contributed by atoms with E-state index >= 15 is 0 Å². The molecule has 11 aromatic rings. The maximum Gasteiger partial charge on any atom is 0.166 e. The van der Waals surface area contributed by atoms with E-state index < -0.39 is 0 Å². The Kier molecular flexibility index (Phi) is 7.41. The molecule has 0 radical (unpaired) electrons. The van der Waals surface area contributed by atoms with E-state index in [0.717, 1.165) is 33.4 Å². The van der Waals surface area contributed by atoms with Gasteiger partial charge in [0.1, 0.15) is 0 Å². The van der Waals surface area contributed by atoms with Gasteiger partial charge in [-0.25, -0.2) is 15.0 Å². The van der Waals surface area contributed by atoms with E-state index in [0.29, 0.717) is 17.5 Å². The zero-order valence-corrected chi connectivity index (χ0v) is 33.3. The summed E-state index contributed by atoms with van der Waals surface area (Å²) < 4.78 is 4.80. The van der Waals surface area contributed by atoms with Crippen LogP contribution in [0.2, 0.25) is 0 Å². The van der Waals surface area contributed by atoms with Gasteiger partial charge in [0, 0.05) is 53.1 Å². The summed E-state index contributed by atoms with van der Waals surface area (Å²) in [4.78, 5) is 16.3. The third-order valence-electron chi connectivity index (χ3n) is 12.3. The van der Waals surface area contributed by atoms with Crippen LogP contribution < -0.4 is 0 Å². The molecule has 0 bridgehead atoms. The van der Waals surface area contributed by atoms with Crippen molar-refractivity contribution in [3.63, 3.8) is 0 Å². The lowest BCUT2D eigenvalue weighted by Gasteiger charge is -2.21. The maximum atomic E-state index is 5.47. The standard InChI is InChI=1S/C54H36N4S/c1-54(2)43-25-10-6-20-38(43)49-40(23-15-26-44(49)54)52-55-51(56-53(57-52)41-24-14-22-37-36-19-9-13-29-48(36)59-50(37)41)39-21-8-12-28-46(39)58-45-27-11-7-18-35(45)42-32-34(30-31-47(42)58)33-16-4-3-5-17-33/h3-32H,1-2H3. The molecule has 4 nitrogen and oxygen atoms in total. The van der Waals surface area contributed by atoms with Crippen LogP contribution >= 0.6 is 11.3 Å². The van der Waals surface area contributed by atoms with Gasteiger partial charge < -0.3 is 4.57 Å². The summed E-state index contributed by atoms with van der Waals surface area (Å²) in [7, 11) is 0. The summed E-state index contributed by atoms with van der Waals surface area (Å²) >= 11 is 1.80. The zero-order valence-electron chi connectivity index (χ0n) is 32.5. The van der Waals surface area contributed by atoms with Gasteiger partial charge in [-0.2, -0.15) is 0 Å². The fourth-order valence-corrected chi connectivity index (χ4v) is 10.7. The van der Waals surface area contributed by atoms with E-state index in [2.05, 4.69) is 200 Å². The molecule has 0 spiro atoms. The molecule has 0 atom stereocenters. The molecule has 0 aliphatic heterocycles. The van der Waals surface area contributed by atoms with E-state index in [-0.39, 0.29) is 5.41 Å². The van der Waals surface area contributed by atoms with Crippen molar-refractivity contribution in [1.82, 2.24) is 19.5 Å². The highest BCUT2D eigenvalue weighted by atomic mass is 32.1. The Morgan fingerprint density at radius 2 is 1.02 bits per heavy atom. The molecule has 278 valence electrons. The van der Waals surface area contributed by atoms with E-state index in [9.17, 15) is 0 Å². The van der Waals surface area contributed by atoms with Gasteiger partial charge in [-0.1, -0.05) is 153 Å². The number of thiophene rings is 1. The minimum Gasteiger partial charge on any atom is -0.309 e. The molecule has 0 saturated carbocycles. The summed E-state index contributed by atoms with van der Waals surface area (Å²) in [5, 5.41) is 4.86. The number of rotatable bonds is 5. The smallest absolute Gasteiger partial charge is 0.166 e. The topological polar surface area (TPSA) is 43.6 Å². The first-order valence-corrected chi connectivity index (χ1v) is 20.9. The molecule has 3 heterocycles. The number of aromatic nitrogens is 4. The van der Waals surface area contributed by atoms with E-state index in [1.165, 1.54) is 64.3 Å². The van der Waals surface area contributed by atoms with Gasteiger partial charge in [0.2, 0.25) is 0 Å². The van der Waals surface area contributed by atoms with Gasteiger partial charge in [0.15, 0.2) is 17.5 Å². The Bertz CT molecular complexity index is 3480. The molecule has 59 heavy (non-hydrogen) atoms. The third kappa shape index (κ3) is 5.11. The highest BCUT2D eigenvalue weighted by molar-refractivity contribution is 7.26. The Morgan fingerprint density at radius 1 is 0.424 bits per heavy atom. The largest absolute Gasteiger partial charge is 0.309 e. The molecular weight excluding hydrogens is 737 g/mol. The van der Waals surface area contributed by atoms with Crippen LogP contribution in [0, 0.1) is 0 Å². The van der Waals surface area contributed by atoms with Crippen LogP contribution in [0.4, 0.5) is 0 Å². The number of hydrogen-bond acceptors (Lipinski definition) is 4. The summed E-state index contributed by atoms with van der Waals surface area (Å²) in [5.74, 6) is 1.96. The van der Waals surface area contributed by atoms with Crippen molar-refractivity contribution in [2.75, 3.05) is 0 Å². The van der Waals surface area contributed by atoms with Crippen LogP contribution in [0.3, 0.4) is 0 Å². The second kappa shape index (κ2) is 12.9. The van der Waals surface area contributed by atoms with E-state index in [1.807, 2.05) is 0 Å². The number of nitrogens with zero attached hydrogens (tertiary/aromatic N) is 4. The maximum absolute atomic E-state index is 5.47. The van der Waals surface area contributed by atoms with Crippen LogP contribution in [0.5, 0.6) is 0 Å². The molecule has 0 fully saturated rings. The second-order valence-electron chi connectivity index (χ2n) is 16.0.